The summed E-state index contributed by atoms with van der Waals surface area (Å²) in [6, 6.07) is 19.1. The fourth-order valence-corrected chi connectivity index (χ4v) is 3.80. The topological polar surface area (TPSA) is 70.3 Å². The lowest BCUT2D eigenvalue weighted by Gasteiger charge is -2.23. The number of benzene rings is 2. The molecular formula is C24H25ClN4O3. The molecular weight excluding hydrogens is 428 g/mol. The summed E-state index contributed by atoms with van der Waals surface area (Å²) in [7, 11) is 0. The molecule has 1 saturated heterocycles. The molecule has 2 aromatic carbocycles. The van der Waals surface area contributed by atoms with Crippen molar-refractivity contribution in [2.45, 2.75) is 19.3 Å². The number of nitrogens with one attached hydrogen (secondary N) is 1. The molecule has 0 saturated carbocycles. The van der Waals surface area contributed by atoms with Crippen molar-refractivity contribution in [2.24, 2.45) is 0 Å². The summed E-state index contributed by atoms with van der Waals surface area (Å²) in [5.41, 5.74) is 2.73. The van der Waals surface area contributed by atoms with Crippen LogP contribution in [0, 0.1) is 0 Å². The predicted octanol–water partition coefficient (Wildman–Crippen LogP) is 3.18. The van der Waals surface area contributed by atoms with Crippen molar-refractivity contribution in [2.75, 3.05) is 19.7 Å². The van der Waals surface area contributed by atoms with Crippen LogP contribution in [0.25, 0.3) is 16.6 Å². The van der Waals surface area contributed by atoms with E-state index >= 15 is 0 Å². The van der Waals surface area contributed by atoms with Gasteiger partial charge >= 0.3 is 0 Å². The van der Waals surface area contributed by atoms with E-state index in [9.17, 15) is 4.79 Å². The second-order valence-corrected chi connectivity index (χ2v) is 7.61. The van der Waals surface area contributed by atoms with E-state index in [-0.39, 0.29) is 24.1 Å². The lowest BCUT2D eigenvalue weighted by molar-refractivity contribution is 0.0169. The Bertz CT molecular complexity index is 1230. The number of halogens is 1. The molecule has 1 aliphatic heterocycles. The SMILES string of the molecule is Cl.O=c1cc(OCc2ccccc2)ccn1-c1ccc2c(cnn2CC2CNCCO2)c1. The van der Waals surface area contributed by atoms with Gasteiger partial charge in [0.25, 0.3) is 5.56 Å². The maximum absolute atomic E-state index is 12.7. The fraction of sp³-hybridized carbons (Fsp3) is 0.250. The Morgan fingerprint density at radius 1 is 1.12 bits per heavy atom. The highest BCUT2D eigenvalue weighted by Gasteiger charge is 2.16. The number of ether oxygens (including phenoxy) is 2. The molecule has 1 atom stereocenters. The van der Waals surface area contributed by atoms with Gasteiger partial charge in [0, 0.05) is 36.4 Å². The smallest absolute Gasteiger partial charge is 0.258 e. The van der Waals surface area contributed by atoms with Crippen LogP contribution < -0.4 is 15.6 Å². The average Bonchev–Trinajstić information content (AvgIpc) is 3.21. The highest BCUT2D eigenvalue weighted by molar-refractivity contribution is 5.85. The molecule has 5 rings (SSSR count). The largest absolute Gasteiger partial charge is 0.489 e. The summed E-state index contributed by atoms with van der Waals surface area (Å²) in [4.78, 5) is 12.7. The maximum Gasteiger partial charge on any atom is 0.258 e. The van der Waals surface area contributed by atoms with Crippen LogP contribution in [0.5, 0.6) is 5.75 Å². The second-order valence-electron chi connectivity index (χ2n) is 7.61. The number of hydrogen-bond donors (Lipinski definition) is 1. The predicted molar refractivity (Wildman–Crippen MR) is 126 cm³/mol. The van der Waals surface area contributed by atoms with E-state index in [0.29, 0.717) is 18.9 Å². The Hall–Kier alpha value is -3.13. The van der Waals surface area contributed by atoms with Crippen LogP contribution in [0.3, 0.4) is 0 Å². The number of aromatic nitrogens is 3. The molecule has 4 aromatic rings. The number of rotatable bonds is 6. The van der Waals surface area contributed by atoms with Crippen molar-refractivity contribution < 1.29 is 9.47 Å². The first kappa shape index (κ1) is 22.1. The van der Waals surface area contributed by atoms with E-state index in [0.717, 1.165) is 41.9 Å². The normalized spacial score (nSPS) is 15.9. The summed E-state index contributed by atoms with van der Waals surface area (Å²) in [5, 5.41) is 8.84. The quantitative estimate of drug-likeness (QED) is 0.486. The molecule has 0 radical (unpaired) electrons. The highest BCUT2D eigenvalue weighted by Crippen LogP contribution is 2.19. The molecule has 1 fully saturated rings. The van der Waals surface area contributed by atoms with Crippen LogP contribution in [-0.4, -0.2) is 40.1 Å². The third kappa shape index (κ3) is 4.85. The molecule has 166 valence electrons. The van der Waals surface area contributed by atoms with E-state index in [1.165, 1.54) is 6.07 Å². The number of hydrogen-bond acceptors (Lipinski definition) is 5. The number of pyridine rings is 1. The Morgan fingerprint density at radius 3 is 2.78 bits per heavy atom. The molecule has 0 spiro atoms. The Labute approximate surface area is 192 Å². The third-order valence-electron chi connectivity index (χ3n) is 5.42. The zero-order chi connectivity index (χ0) is 21.0. The summed E-state index contributed by atoms with van der Waals surface area (Å²) in [6.07, 6.45) is 3.69. The van der Waals surface area contributed by atoms with Crippen LogP contribution in [0.2, 0.25) is 0 Å². The summed E-state index contributed by atoms with van der Waals surface area (Å²) < 4.78 is 15.1. The van der Waals surface area contributed by atoms with Gasteiger partial charge in [0.05, 0.1) is 31.0 Å². The minimum atomic E-state index is -0.140. The van der Waals surface area contributed by atoms with Crippen molar-refractivity contribution >= 4 is 23.3 Å². The zero-order valence-electron chi connectivity index (χ0n) is 17.5. The molecule has 32 heavy (non-hydrogen) atoms. The van der Waals surface area contributed by atoms with Gasteiger partial charge in [-0.2, -0.15) is 5.10 Å². The lowest BCUT2D eigenvalue weighted by Crippen LogP contribution is -2.40. The van der Waals surface area contributed by atoms with Gasteiger partial charge < -0.3 is 14.8 Å². The summed E-state index contributed by atoms with van der Waals surface area (Å²) >= 11 is 0. The molecule has 3 heterocycles. The molecule has 7 nitrogen and oxygen atoms in total. The standard InChI is InChI=1S/C24H24N4O3.ClH/c29-24-13-21(31-17-18-4-2-1-3-5-18)8-10-27(24)20-6-7-23-19(12-20)14-26-28(23)16-22-15-25-9-11-30-22;/h1-8,10,12-14,22,25H,9,11,15-17H2;1H. The van der Waals surface area contributed by atoms with Gasteiger partial charge in [0.2, 0.25) is 0 Å². The molecule has 0 bridgehead atoms. The number of fused-ring (bicyclic) bond motifs is 1. The Morgan fingerprint density at radius 2 is 2.00 bits per heavy atom. The van der Waals surface area contributed by atoms with Crippen LogP contribution in [0.15, 0.2) is 77.9 Å². The van der Waals surface area contributed by atoms with Gasteiger partial charge in [-0.1, -0.05) is 30.3 Å². The zero-order valence-corrected chi connectivity index (χ0v) is 18.3. The molecule has 2 aromatic heterocycles. The van der Waals surface area contributed by atoms with Crippen LogP contribution in [0.4, 0.5) is 0 Å². The number of morpholine rings is 1. The van der Waals surface area contributed by atoms with Gasteiger partial charge in [-0.05, 0) is 29.8 Å². The van der Waals surface area contributed by atoms with Crippen LogP contribution >= 0.6 is 12.4 Å². The summed E-state index contributed by atoms with van der Waals surface area (Å²) in [6.45, 7) is 3.57. The van der Waals surface area contributed by atoms with Crippen molar-refractivity contribution in [3.8, 4) is 11.4 Å². The molecule has 1 unspecified atom stereocenters. The van der Waals surface area contributed by atoms with Gasteiger partial charge in [-0.3, -0.25) is 14.0 Å². The lowest BCUT2D eigenvalue weighted by atomic mass is 10.2. The molecule has 0 amide bonds. The highest BCUT2D eigenvalue weighted by atomic mass is 35.5. The van der Waals surface area contributed by atoms with Crippen molar-refractivity contribution in [1.29, 1.82) is 0 Å². The Balaban J connectivity index is 0.00000245. The third-order valence-corrected chi connectivity index (χ3v) is 5.42. The van der Waals surface area contributed by atoms with Gasteiger partial charge in [-0.25, -0.2) is 0 Å². The van der Waals surface area contributed by atoms with Gasteiger partial charge in [0.15, 0.2) is 0 Å². The van der Waals surface area contributed by atoms with Crippen molar-refractivity contribution in [1.82, 2.24) is 19.7 Å². The van der Waals surface area contributed by atoms with E-state index in [1.807, 2.05) is 65.5 Å². The van der Waals surface area contributed by atoms with Crippen molar-refractivity contribution in [3.63, 3.8) is 0 Å². The molecule has 1 N–H and O–H groups in total. The van der Waals surface area contributed by atoms with Gasteiger partial charge in [0.1, 0.15) is 12.4 Å². The summed E-state index contributed by atoms with van der Waals surface area (Å²) in [5.74, 6) is 0.556. The Kier molecular flexibility index (Phi) is 6.90. The minimum absolute atomic E-state index is 0. The number of nitrogens with zero attached hydrogens (tertiary/aromatic N) is 3. The molecule has 8 heteroatoms. The van der Waals surface area contributed by atoms with Crippen molar-refractivity contribution in [3.05, 3.63) is 89.0 Å². The van der Waals surface area contributed by atoms with Crippen LogP contribution in [-0.2, 0) is 17.9 Å². The van der Waals surface area contributed by atoms with E-state index in [4.69, 9.17) is 9.47 Å². The first-order valence-electron chi connectivity index (χ1n) is 10.4. The first-order valence-corrected chi connectivity index (χ1v) is 10.4. The minimum Gasteiger partial charge on any atom is -0.489 e. The monoisotopic (exact) mass is 452 g/mol. The second kappa shape index (κ2) is 9.99. The maximum atomic E-state index is 12.7. The van der Waals surface area contributed by atoms with E-state index in [2.05, 4.69) is 10.4 Å². The molecule has 1 aliphatic rings. The molecule has 0 aliphatic carbocycles. The van der Waals surface area contributed by atoms with E-state index < -0.39 is 0 Å². The van der Waals surface area contributed by atoms with Crippen LogP contribution in [0.1, 0.15) is 5.56 Å². The fourth-order valence-electron chi connectivity index (χ4n) is 3.80. The average molecular weight is 453 g/mol. The van der Waals surface area contributed by atoms with E-state index in [1.54, 1.807) is 10.8 Å². The first-order chi connectivity index (χ1) is 15.3. The van der Waals surface area contributed by atoms with Gasteiger partial charge in [-0.15, -0.1) is 12.4 Å².